The van der Waals surface area contributed by atoms with E-state index in [1.165, 1.54) is 5.56 Å². The monoisotopic (exact) mass is 349 g/mol. The maximum Gasteiger partial charge on any atom is 0.251 e. The van der Waals surface area contributed by atoms with E-state index in [1.807, 2.05) is 24.4 Å². The highest BCUT2D eigenvalue weighted by Gasteiger charge is 2.06. The number of benzene rings is 1. The zero-order valence-electron chi connectivity index (χ0n) is 15.9. The summed E-state index contributed by atoms with van der Waals surface area (Å²) < 4.78 is 1.73. The Morgan fingerprint density at radius 3 is 2.42 bits per heavy atom. The van der Waals surface area contributed by atoms with Gasteiger partial charge in [0.05, 0.1) is 0 Å². The Labute approximate surface area is 156 Å². The molecule has 2 rings (SSSR count). The number of ketones is 1. The maximum absolute atomic E-state index is 12.1. The van der Waals surface area contributed by atoms with Crippen LogP contribution in [-0.2, 0) is 17.8 Å². The molecule has 0 amide bonds. The van der Waals surface area contributed by atoms with Crippen LogP contribution < -0.4 is 5.56 Å². The number of nitrogens with zero attached hydrogens (tertiary/aromatic N) is 1. The summed E-state index contributed by atoms with van der Waals surface area (Å²) in [5.41, 5.74) is 2.87. The summed E-state index contributed by atoms with van der Waals surface area (Å²) in [4.78, 5) is 23.2. The molecule has 1 atom stereocenters. The van der Waals surface area contributed by atoms with Gasteiger partial charge in [-0.3, -0.25) is 4.79 Å². The first-order valence-electron chi connectivity index (χ1n) is 9.29. The van der Waals surface area contributed by atoms with E-state index in [-0.39, 0.29) is 11.3 Å². The Morgan fingerprint density at radius 1 is 1.12 bits per heavy atom. The Morgan fingerprint density at radius 2 is 1.81 bits per heavy atom. The van der Waals surface area contributed by atoms with Crippen molar-refractivity contribution < 1.29 is 4.79 Å². The van der Waals surface area contributed by atoms with Crippen molar-refractivity contribution in [3.8, 4) is 11.8 Å². The highest BCUT2D eigenvalue weighted by Crippen LogP contribution is 2.13. The van der Waals surface area contributed by atoms with Crippen LogP contribution in [0.1, 0.15) is 56.7 Å². The third-order valence-electron chi connectivity index (χ3n) is 4.27. The predicted molar refractivity (Wildman–Crippen MR) is 106 cm³/mol. The molecule has 136 valence electrons. The lowest BCUT2D eigenvalue weighted by molar-refractivity contribution is -0.117. The molecule has 1 aromatic carbocycles. The summed E-state index contributed by atoms with van der Waals surface area (Å²) in [7, 11) is 0. The van der Waals surface area contributed by atoms with Gasteiger partial charge < -0.3 is 9.36 Å². The number of aromatic nitrogens is 1. The fourth-order valence-electron chi connectivity index (χ4n) is 2.93. The number of hydrogen-bond donors (Lipinski definition) is 0. The number of hydrogen-bond acceptors (Lipinski definition) is 2. The molecule has 26 heavy (non-hydrogen) atoms. The second-order valence-corrected chi connectivity index (χ2v) is 6.96. The van der Waals surface area contributed by atoms with E-state index in [4.69, 9.17) is 0 Å². The molecule has 0 fully saturated rings. The zero-order valence-corrected chi connectivity index (χ0v) is 15.9. The van der Waals surface area contributed by atoms with Crippen LogP contribution in [0.4, 0.5) is 0 Å². The summed E-state index contributed by atoms with van der Waals surface area (Å²) in [5.74, 6) is 6.76. The van der Waals surface area contributed by atoms with Gasteiger partial charge in [0.15, 0.2) is 0 Å². The van der Waals surface area contributed by atoms with E-state index in [1.54, 1.807) is 17.6 Å². The van der Waals surface area contributed by atoms with Gasteiger partial charge in [-0.05, 0) is 49.4 Å². The van der Waals surface area contributed by atoms with Crippen molar-refractivity contribution in [2.75, 3.05) is 0 Å². The maximum atomic E-state index is 12.1. The third kappa shape index (κ3) is 6.37. The molecular weight excluding hydrogens is 322 g/mol. The molecule has 1 unspecified atom stereocenters. The highest BCUT2D eigenvalue weighted by molar-refractivity contribution is 5.75. The Kier molecular flexibility index (Phi) is 7.41. The third-order valence-corrected chi connectivity index (χ3v) is 4.27. The summed E-state index contributed by atoms with van der Waals surface area (Å²) >= 11 is 0. The number of carbonyl (C=O) groups is 1. The minimum Gasteiger partial charge on any atom is -0.315 e. The normalized spacial score (nSPS) is 11.5. The average Bonchev–Trinajstić information content (AvgIpc) is 2.59. The first-order chi connectivity index (χ1) is 12.5. The van der Waals surface area contributed by atoms with E-state index in [0.717, 1.165) is 36.9 Å². The van der Waals surface area contributed by atoms with Crippen LogP contribution in [0.2, 0.25) is 0 Å². The van der Waals surface area contributed by atoms with Crippen LogP contribution in [0, 0.1) is 17.8 Å². The lowest BCUT2D eigenvalue weighted by atomic mass is 9.96. The standard InChI is InChI=1S/C23H27NO2/c1-4-5-13-24-14-12-22(17-23(24)26)11-8-20-6-9-21(10-7-20)16-18(2)15-19(3)25/h6-7,9-10,12,14,17-18H,4-5,13,15-16H2,1-3H3. The van der Waals surface area contributed by atoms with Crippen molar-refractivity contribution in [3.63, 3.8) is 0 Å². The molecule has 0 radical (unpaired) electrons. The second-order valence-electron chi connectivity index (χ2n) is 6.96. The van der Waals surface area contributed by atoms with Crippen molar-refractivity contribution in [2.45, 2.75) is 53.0 Å². The van der Waals surface area contributed by atoms with Crippen molar-refractivity contribution in [2.24, 2.45) is 5.92 Å². The van der Waals surface area contributed by atoms with Crippen LogP contribution in [0.3, 0.4) is 0 Å². The fourth-order valence-corrected chi connectivity index (χ4v) is 2.93. The second kappa shape index (κ2) is 9.77. The molecule has 3 nitrogen and oxygen atoms in total. The van der Waals surface area contributed by atoms with Crippen molar-refractivity contribution in [1.29, 1.82) is 0 Å². The highest BCUT2D eigenvalue weighted by atomic mass is 16.1. The predicted octanol–water partition coefficient (Wildman–Crippen LogP) is 4.21. The van der Waals surface area contributed by atoms with Crippen LogP contribution in [-0.4, -0.2) is 10.4 Å². The molecule has 3 heteroatoms. The number of Topliss-reactive ketones (excluding diaryl/α,β-unsaturated/α-hetero) is 1. The van der Waals surface area contributed by atoms with E-state index in [0.29, 0.717) is 12.3 Å². The minimum absolute atomic E-state index is 0.0000526. The van der Waals surface area contributed by atoms with Crippen LogP contribution in [0.5, 0.6) is 0 Å². The Bertz CT molecular complexity index is 850. The molecule has 0 aliphatic heterocycles. The van der Waals surface area contributed by atoms with Gasteiger partial charge >= 0.3 is 0 Å². The zero-order chi connectivity index (χ0) is 18.9. The topological polar surface area (TPSA) is 39.1 Å². The summed E-state index contributed by atoms with van der Waals surface area (Å²) in [6, 6.07) is 11.6. The number of aryl methyl sites for hydroxylation is 1. The molecule has 0 spiro atoms. The van der Waals surface area contributed by atoms with E-state index < -0.39 is 0 Å². The molecular formula is C23H27NO2. The first-order valence-corrected chi connectivity index (χ1v) is 9.29. The lowest BCUT2D eigenvalue weighted by Crippen LogP contribution is -2.18. The summed E-state index contributed by atoms with van der Waals surface area (Å²) in [5, 5.41) is 0. The minimum atomic E-state index is 0.0000526. The van der Waals surface area contributed by atoms with Gasteiger partial charge in [-0.1, -0.05) is 44.2 Å². The van der Waals surface area contributed by atoms with Gasteiger partial charge in [0, 0.05) is 36.4 Å². The average molecular weight is 349 g/mol. The van der Waals surface area contributed by atoms with Gasteiger partial charge in [-0.25, -0.2) is 0 Å². The fraction of sp³-hybridized carbons (Fsp3) is 0.391. The van der Waals surface area contributed by atoms with Gasteiger partial charge in [-0.2, -0.15) is 0 Å². The van der Waals surface area contributed by atoms with Gasteiger partial charge in [0.25, 0.3) is 5.56 Å². The van der Waals surface area contributed by atoms with Gasteiger partial charge in [-0.15, -0.1) is 0 Å². The van der Waals surface area contributed by atoms with Crippen molar-refractivity contribution in [3.05, 3.63) is 69.6 Å². The van der Waals surface area contributed by atoms with Crippen LogP contribution in [0.25, 0.3) is 0 Å². The quantitative estimate of drug-likeness (QED) is 0.703. The van der Waals surface area contributed by atoms with Crippen LogP contribution >= 0.6 is 0 Å². The molecule has 1 aromatic heterocycles. The molecule has 0 aliphatic rings. The molecule has 0 aliphatic carbocycles. The summed E-state index contributed by atoms with van der Waals surface area (Å²) in [6.07, 6.45) is 5.40. The lowest BCUT2D eigenvalue weighted by Gasteiger charge is -2.09. The molecule has 0 N–H and O–H groups in total. The molecule has 1 heterocycles. The molecule has 0 saturated heterocycles. The summed E-state index contributed by atoms with van der Waals surface area (Å²) in [6.45, 7) is 6.60. The van der Waals surface area contributed by atoms with Crippen molar-refractivity contribution in [1.82, 2.24) is 4.57 Å². The first kappa shape index (κ1) is 19.7. The van der Waals surface area contributed by atoms with Gasteiger partial charge in [0.1, 0.15) is 5.78 Å². The van der Waals surface area contributed by atoms with E-state index in [9.17, 15) is 9.59 Å². The SMILES string of the molecule is CCCCn1ccc(C#Cc2ccc(CC(C)CC(C)=O)cc2)cc1=O. The molecule has 0 bridgehead atoms. The van der Waals surface area contributed by atoms with Crippen LogP contribution in [0.15, 0.2) is 47.4 Å². The van der Waals surface area contributed by atoms with Crippen molar-refractivity contribution >= 4 is 5.78 Å². The number of carbonyl (C=O) groups excluding carboxylic acids is 1. The number of pyridine rings is 1. The largest absolute Gasteiger partial charge is 0.315 e. The smallest absolute Gasteiger partial charge is 0.251 e. The van der Waals surface area contributed by atoms with E-state index >= 15 is 0 Å². The molecule has 0 saturated carbocycles. The van der Waals surface area contributed by atoms with E-state index in [2.05, 4.69) is 37.8 Å². The molecule has 2 aromatic rings. The van der Waals surface area contributed by atoms with Gasteiger partial charge in [0.2, 0.25) is 0 Å². The number of unbranched alkanes of at least 4 members (excludes halogenated alkanes) is 1. The Balaban J connectivity index is 2.02. The number of rotatable bonds is 7. The Hall–Kier alpha value is -2.60.